The van der Waals surface area contributed by atoms with Crippen molar-refractivity contribution in [3.63, 3.8) is 0 Å². The van der Waals surface area contributed by atoms with Gasteiger partial charge >= 0.3 is 0 Å². The van der Waals surface area contributed by atoms with Crippen molar-refractivity contribution in [3.8, 4) is 0 Å². The van der Waals surface area contributed by atoms with Gasteiger partial charge in [0.15, 0.2) is 12.6 Å². The summed E-state index contributed by atoms with van der Waals surface area (Å²) in [5.74, 6) is 0. The van der Waals surface area contributed by atoms with E-state index in [1.807, 2.05) is 30.3 Å². The molecule has 3 aliphatic heterocycles. The summed E-state index contributed by atoms with van der Waals surface area (Å²) >= 11 is 0. The number of methoxy groups -OCH3 is 1. The zero-order valence-corrected chi connectivity index (χ0v) is 12.9. The molecule has 6 atom stereocenters. The standard InChI is InChI=1S/C17H20O6/c1-10-8-20-14-16(19-2)22-12-9-21-15(11-6-4-3-5-7-11)23-13(12)17(10,14)18/h3-7,12-16,18H,1,8-9H2,2H3/t12-,13-,14+,15?,16+,17+/m1/s1. The van der Waals surface area contributed by atoms with Crippen molar-refractivity contribution < 1.29 is 28.8 Å². The number of hydrogen-bond acceptors (Lipinski definition) is 6. The molecule has 3 fully saturated rings. The van der Waals surface area contributed by atoms with Crippen molar-refractivity contribution in [2.24, 2.45) is 0 Å². The van der Waals surface area contributed by atoms with Crippen LogP contribution in [0, 0.1) is 0 Å². The molecule has 3 saturated heterocycles. The number of benzene rings is 1. The van der Waals surface area contributed by atoms with E-state index in [0.717, 1.165) is 5.56 Å². The minimum Gasteiger partial charge on any atom is -0.380 e. The van der Waals surface area contributed by atoms with Gasteiger partial charge in [0, 0.05) is 12.7 Å². The third-order valence-corrected chi connectivity index (χ3v) is 4.75. The van der Waals surface area contributed by atoms with Crippen molar-refractivity contribution in [2.45, 2.75) is 36.5 Å². The highest BCUT2D eigenvalue weighted by atomic mass is 16.8. The predicted molar refractivity (Wildman–Crippen MR) is 79.5 cm³/mol. The van der Waals surface area contributed by atoms with Gasteiger partial charge in [-0.3, -0.25) is 0 Å². The lowest BCUT2D eigenvalue weighted by atomic mass is 9.80. The van der Waals surface area contributed by atoms with Gasteiger partial charge in [0.1, 0.15) is 23.9 Å². The Kier molecular flexibility index (Phi) is 3.76. The molecule has 0 amide bonds. The molecule has 124 valence electrons. The van der Waals surface area contributed by atoms with Crippen LogP contribution < -0.4 is 0 Å². The molecule has 1 aromatic carbocycles. The van der Waals surface area contributed by atoms with Crippen LogP contribution in [0.2, 0.25) is 0 Å². The SMILES string of the molecule is C=C1CO[C@H]2[C@@H](OC)O[C@@H]3COC(c4ccccc4)O[C@H]3[C@@]12O. The molecule has 4 rings (SSSR count). The largest absolute Gasteiger partial charge is 0.380 e. The van der Waals surface area contributed by atoms with E-state index in [1.54, 1.807) is 0 Å². The second-order valence-corrected chi connectivity index (χ2v) is 6.07. The van der Waals surface area contributed by atoms with E-state index in [2.05, 4.69) is 6.58 Å². The van der Waals surface area contributed by atoms with Gasteiger partial charge in [0.25, 0.3) is 0 Å². The molecule has 0 spiro atoms. The minimum absolute atomic E-state index is 0.258. The van der Waals surface area contributed by atoms with Gasteiger partial charge in [-0.25, -0.2) is 0 Å². The van der Waals surface area contributed by atoms with Gasteiger partial charge in [-0.15, -0.1) is 0 Å². The highest BCUT2D eigenvalue weighted by molar-refractivity contribution is 5.28. The summed E-state index contributed by atoms with van der Waals surface area (Å²) in [6.07, 6.45) is -2.96. The molecule has 0 saturated carbocycles. The maximum atomic E-state index is 11.3. The van der Waals surface area contributed by atoms with E-state index in [4.69, 9.17) is 23.7 Å². The zero-order valence-electron chi connectivity index (χ0n) is 12.9. The van der Waals surface area contributed by atoms with Gasteiger partial charge in [0.05, 0.1) is 13.2 Å². The fraction of sp³-hybridized carbons (Fsp3) is 0.529. The van der Waals surface area contributed by atoms with Crippen LogP contribution >= 0.6 is 0 Å². The first-order valence-electron chi connectivity index (χ1n) is 7.67. The zero-order chi connectivity index (χ0) is 16.0. The number of fused-ring (bicyclic) bond motifs is 3. The quantitative estimate of drug-likeness (QED) is 0.825. The molecule has 6 heteroatoms. The highest BCUT2D eigenvalue weighted by Gasteiger charge is 2.63. The fourth-order valence-electron chi connectivity index (χ4n) is 3.52. The van der Waals surface area contributed by atoms with E-state index in [0.29, 0.717) is 12.2 Å². The summed E-state index contributed by atoms with van der Waals surface area (Å²) in [5, 5.41) is 11.3. The van der Waals surface area contributed by atoms with Crippen LogP contribution in [-0.2, 0) is 23.7 Å². The van der Waals surface area contributed by atoms with Crippen LogP contribution in [0.1, 0.15) is 11.9 Å². The third-order valence-electron chi connectivity index (χ3n) is 4.75. The average molecular weight is 320 g/mol. The molecule has 3 heterocycles. The van der Waals surface area contributed by atoms with Crippen LogP contribution in [-0.4, -0.2) is 55.6 Å². The Balaban J connectivity index is 1.65. The van der Waals surface area contributed by atoms with Crippen LogP contribution in [0.25, 0.3) is 0 Å². The summed E-state index contributed by atoms with van der Waals surface area (Å²) in [6.45, 7) is 4.52. The van der Waals surface area contributed by atoms with Gasteiger partial charge in [-0.1, -0.05) is 36.9 Å². The Bertz CT molecular complexity index is 590. The predicted octanol–water partition coefficient (Wildman–Crippen LogP) is 1.16. The number of ether oxygens (including phenoxy) is 5. The Labute approximate surface area is 134 Å². The van der Waals surface area contributed by atoms with Gasteiger partial charge in [-0.05, 0) is 5.57 Å². The summed E-state index contributed by atoms with van der Waals surface area (Å²) < 4.78 is 28.7. The monoisotopic (exact) mass is 320 g/mol. The molecule has 0 bridgehead atoms. The van der Waals surface area contributed by atoms with Crippen molar-refractivity contribution >= 4 is 0 Å². The molecule has 23 heavy (non-hydrogen) atoms. The second kappa shape index (κ2) is 5.66. The summed E-state index contributed by atoms with van der Waals surface area (Å²) in [4.78, 5) is 0. The van der Waals surface area contributed by atoms with Crippen LogP contribution in [0.5, 0.6) is 0 Å². The summed E-state index contributed by atoms with van der Waals surface area (Å²) in [7, 11) is 1.52. The Hall–Kier alpha value is -1.28. The first kappa shape index (κ1) is 15.3. The lowest BCUT2D eigenvalue weighted by Crippen LogP contribution is -2.68. The average Bonchev–Trinajstić information content (AvgIpc) is 2.91. The van der Waals surface area contributed by atoms with Gasteiger partial charge < -0.3 is 28.8 Å². The van der Waals surface area contributed by atoms with Crippen molar-refractivity contribution in [3.05, 3.63) is 48.0 Å². The molecule has 3 aliphatic rings. The van der Waals surface area contributed by atoms with Gasteiger partial charge in [0.2, 0.25) is 0 Å². The van der Waals surface area contributed by atoms with Crippen LogP contribution in [0.15, 0.2) is 42.5 Å². The highest BCUT2D eigenvalue weighted by Crippen LogP contribution is 2.46. The topological polar surface area (TPSA) is 66.4 Å². The molecular weight excluding hydrogens is 300 g/mol. The van der Waals surface area contributed by atoms with E-state index in [1.165, 1.54) is 7.11 Å². The number of aliphatic hydroxyl groups is 1. The third kappa shape index (κ3) is 2.26. The smallest absolute Gasteiger partial charge is 0.187 e. The van der Waals surface area contributed by atoms with Gasteiger partial charge in [-0.2, -0.15) is 0 Å². The molecule has 1 unspecified atom stereocenters. The maximum Gasteiger partial charge on any atom is 0.187 e. The molecule has 0 radical (unpaired) electrons. The first-order valence-corrected chi connectivity index (χ1v) is 7.67. The summed E-state index contributed by atoms with van der Waals surface area (Å²) in [5.41, 5.74) is 0.126. The number of hydrogen-bond donors (Lipinski definition) is 1. The van der Waals surface area contributed by atoms with Crippen molar-refractivity contribution in [1.29, 1.82) is 0 Å². The Morgan fingerprint density at radius 1 is 1.17 bits per heavy atom. The lowest BCUT2D eigenvalue weighted by molar-refractivity contribution is -0.370. The van der Waals surface area contributed by atoms with E-state index in [-0.39, 0.29) is 6.61 Å². The lowest BCUT2D eigenvalue weighted by Gasteiger charge is -2.50. The fourth-order valence-corrected chi connectivity index (χ4v) is 3.52. The molecule has 0 aromatic heterocycles. The van der Waals surface area contributed by atoms with E-state index < -0.39 is 36.5 Å². The minimum atomic E-state index is -1.35. The first-order chi connectivity index (χ1) is 11.1. The molecule has 1 N–H and O–H groups in total. The van der Waals surface area contributed by atoms with E-state index >= 15 is 0 Å². The van der Waals surface area contributed by atoms with Crippen molar-refractivity contribution in [2.75, 3.05) is 20.3 Å². The van der Waals surface area contributed by atoms with Crippen LogP contribution in [0.3, 0.4) is 0 Å². The van der Waals surface area contributed by atoms with E-state index in [9.17, 15) is 5.11 Å². The second-order valence-electron chi connectivity index (χ2n) is 6.07. The summed E-state index contributed by atoms with van der Waals surface area (Å²) in [6, 6.07) is 9.61. The molecule has 1 aromatic rings. The Morgan fingerprint density at radius 2 is 1.96 bits per heavy atom. The normalized spacial score (nSPS) is 43.0. The van der Waals surface area contributed by atoms with Crippen LogP contribution in [0.4, 0.5) is 0 Å². The molecule has 6 nitrogen and oxygen atoms in total. The molecule has 0 aliphatic carbocycles. The Morgan fingerprint density at radius 3 is 2.70 bits per heavy atom. The molecular formula is C17H20O6. The number of rotatable bonds is 2. The van der Waals surface area contributed by atoms with Crippen molar-refractivity contribution in [1.82, 2.24) is 0 Å². The maximum absolute atomic E-state index is 11.3.